The molecule has 0 atom stereocenters. The van der Waals surface area contributed by atoms with E-state index in [1.54, 1.807) is 12.1 Å². The number of carbonyl (C=O) groups excluding carboxylic acids is 1. The summed E-state index contributed by atoms with van der Waals surface area (Å²) in [5, 5.41) is 2.76. The summed E-state index contributed by atoms with van der Waals surface area (Å²) in [6, 6.07) is 17.2. The molecule has 0 spiro atoms. The number of para-hydroxylation sites is 1. The molecular formula is C23H33NO2. The van der Waals surface area contributed by atoms with E-state index in [4.69, 9.17) is 4.74 Å². The van der Waals surface area contributed by atoms with Crippen molar-refractivity contribution < 1.29 is 9.53 Å². The first-order chi connectivity index (χ1) is 12.8. The molecule has 1 amide bonds. The Morgan fingerprint density at radius 3 is 2.00 bits per heavy atom. The van der Waals surface area contributed by atoms with Crippen molar-refractivity contribution in [3.8, 4) is 5.75 Å². The first kappa shape index (κ1) is 21.8. The molecule has 0 heterocycles. The summed E-state index contributed by atoms with van der Waals surface area (Å²) >= 11 is 0. The average Bonchev–Trinajstić information content (AvgIpc) is 2.73. The summed E-state index contributed by atoms with van der Waals surface area (Å²) in [5.41, 5.74) is 2.14. The van der Waals surface area contributed by atoms with Crippen LogP contribution in [0.4, 0.5) is 10.5 Å². The van der Waals surface area contributed by atoms with Gasteiger partial charge >= 0.3 is 6.09 Å². The van der Waals surface area contributed by atoms with Crippen molar-refractivity contribution in [2.24, 2.45) is 0 Å². The molecule has 1 fully saturated rings. The average molecular weight is 356 g/mol. The van der Waals surface area contributed by atoms with E-state index in [0.29, 0.717) is 11.7 Å². The molecule has 0 bridgehead atoms. The van der Waals surface area contributed by atoms with Gasteiger partial charge in [-0.3, -0.25) is 5.32 Å². The van der Waals surface area contributed by atoms with Crippen LogP contribution in [0.3, 0.4) is 0 Å². The molecule has 3 rings (SSSR count). The molecule has 26 heavy (non-hydrogen) atoms. The Labute approximate surface area is 158 Å². The lowest BCUT2D eigenvalue weighted by atomic mass is 9.84. The molecule has 2 aromatic rings. The van der Waals surface area contributed by atoms with Gasteiger partial charge in [0.1, 0.15) is 5.75 Å². The van der Waals surface area contributed by atoms with Gasteiger partial charge in [0.2, 0.25) is 0 Å². The first-order valence-electron chi connectivity index (χ1n) is 9.95. The van der Waals surface area contributed by atoms with E-state index in [1.165, 1.54) is 37.7 Å². The van der Waals surface area contributed by atoms with E-state index in [1.807, 2.05) is 58.0 Å². The van der Waals surface area contributed by atoms with Crippen LogP contribution >= 0.6 is 0 Å². The minimum absolute atomic E-state index is 0.461. The number of ether oxygens (including phenoxy) is 1. The summed E-state index contributed by atoms with van der Waals surface area (Å²) in [4.78, 5) is 11.8. The minimum atomic E-state index is -0.461. The highest BCUT2D eigenvalue weighted by molar-refractivity contribution is 5.86. The van der Waals surface area contributed by atoms with Gasteiger partial charge in [0, 0.05) is 5.69 Å². The normalized spacial score (nSPS) is 13.4. The van der Waals surface area contributed by atoms with Crippen molar-refractivity contribution in [1.82, 2.24) is 0 Å². The topological polar surface area (TPSA) is 38.3 Å². The highest BCUT2D eigenvalue weighted by Crippen LogP contribution is 2.32. The molecule has 0 unspecified atom stereocenters. The summed E-state index contributed by atoms with van der Waals surface area (Å²) in [6.45, 7) is 8.00. The maximum absolute atomic E-state index is 11.8. The van der Waals surface area contributed by atoms with E-state index < -0.39 is 6.09 Å². The van der Waals surface area contributed by atoms with E-state index in [9.17, 15) is 4.79 Å². The lowest BCUT2D eigenvalue weighted by Crippen LogP contribution is -2.16. The van der Waals surface area contributed by atoms with Gasteiger partial charge in [-0.05, 0) is 48.6 Å². The van der Waals surface area contributed by atoms with Gasteiger partial charge in [0.25, 0.3) is 0 Å². The lowest BCUT2D eigenvalue weighted by Gasteiger charge is -2.22. The van der Waals surface area contributed by atoms with Gasteiger partial charge in [-0.15, -0.1) is 0 Å². The molecule has 1 aliphatic rings. The predicted molar refractivity (Wildman–Crippen MR) is 111 cm³/mol. The number of amides is 1. The second kappa shape index (κ2) is 13.0. The Morgan fingerprint density at radius 1 is 0.846 bits per heavy atom. The Bertz CT molecular complexity index is 602. The molecular weight excluding hydrogens is 322 g/mol. The van der Waals surface area contributed by atoms with Gasteiger partial charge in [-0.25, -0.2) is 4.79 Å². The van der Waals surface area contributed by atoms with Crippen molar-refractivity contribution in [2.45, 2.75) is 65.7 Å². The summed E-state index contributed by atoms with van der Waals surface area (Å²) < 4.78 is 5.21. The Hall–Kier alpha value is -2.29. The van der Waals surface area contributed by atoms with Crippen LogP contribution in [0.15, 0.2) is 54.6 Å². The Balaban J connectivity index is 0.000000791. The molecule has 142 valence electrons. The van der Waals surface area contributed by atoms with Crippen molar-refractivity contribution >= 4 is 11.8 Å². The highest BCUT2D eigenvalue weighted by Gasteiger charge is 2.15. The minimum Gasteiger partial charge on any atom is -0.410 e. The molecule has 0 radical (unpaired) electrons. The van der Waals surface area contributed by atoms with E-state index in [2.05, 4.69) is 17.4 Å². The van der Waals surface area contributed by atoms with E-state index >= 15 is 0 Å². The third-order valence-electron chi connectivity index (χ3n) is 4.19. The molecule has 0 aliphatic heterocycles. The van der Waals surface area contributed by atoms with Crippen molar-refractivity contribution in [2.75, 3.05) is 5.32 Å². The third kappa shape index (κ3) is 7.30. The molecule has 3 nitrogen and oxygen atoms in total. The van der Waals surface area contributed by atoms with Crippen LogP contribution in [0.1, 0.15) is 71.3 Å². The number of rotatable bonds is 3. The Kier molecular flexibility index (Phi) is 10.9. The molecule has 1 aliphatic carbocycles. The van der Waals surface area contributed by atoms with Crippen LogP contribution in [0.5, 0.6) is 5.75 Å². The van der Waals surface area contributed by atoms with Gasteiger partial charge in [-0.1, -0.05) is 77.3 Å². The fraction of sp³-hybridized carbons (Fsp3) is 0.435. The highest BCUT2D eigenvalue weighted by atomic mass is 16.6. The maximum atomic E-state index is 11.8. The van der Waals surface area contributed by atoms with Crippen LogP contribution in [0.2, 0.25) is 0 Å². The number of nitrogens with one attached hydrogen (secondary N) is 1. The number of hydrogen-bond donors (Lipinski definition) is 1. The van der Waals surface area contributed by atoms with Crippen LogP contribution in [-0.2, 0) is 0 Å². The molecule has 1 N–H and O–H groups in total. The number of carbonyl (C=O) groups is 1. The second-order valence-corrected chi connectivity index (χ2v) is 5.78. The number of anilines is 1. The standard InChI is InChI=1S/C19H21NO2.2C2H6/c21-19(22-18-9-5-2-6-10-18)20-17-13-11-16(12-14-17)15-7-3-1-4-8-15;2*1-2/h2,5-6,9-15H,1,3-4,7-8H2,(H,20,21);2*1-2H3. The van der Waals surface area contributed by atoms with Gasteiger partial charge in [0.05, 0.1) is 0 Å². The Morgan fingerprint density at radius 2 is 1.42 bits per heavy atom. The second-order valence-electron chi connectivity index (χ2n) is 5.78. The number of benzene rings is 2. The van der Waals surface area contributed by atoms with Crippen LogP contribution in [0, 0.1) is 0 Å². The maximum Gasteiger partial charge on any atom is 0.417 e. The fourth-order valence-electron chi connectivity index (χ4n) is 3.01. The van der Waals surface area contributed by atoms with Crippen molar-refractivity contribution in [3.05, 3.63) is 60.2 Å². The zero-order chi connectivity index (χ0) is 19.2. The van der Waals surface area contributed by atoms with Crippen LogP contribution < -0.4 is 10.1 Å². The molecule has 0 saturated heterocycles. The predicted octanol–water partition coefficient (Wildman–Crippen LogP) is 7.40. The monoisotopic (exact) mass is 355 g/mol. The summed E-state index contributed by atoms with van der Waals surface area (Å²) in [6.07, 6.45) is 6.12. The molecule has 0 aromatic heterocycles. The third-order valence-corrected chi connectivity index (χ3v) is 4.19. The van der Waals surface area contributed by atoms with Crippen molar-refractivity contribution in [1.29, 1.82) is 0 Å². The van der Waals surface area contributed by atoms with E-state index in [-0.39, 0.29) is 0 Å². The smallest absolute Gasteiger partial charge is 0.410 e. The fourth-order valence-corrected chi connectivity index (χ4v) is 3.01. The summed E-state index contributed by atoms with van der Waals surface area (Å²) in [7, 11) is 0. The lowest BCUT2D eigenvalue weighted by molar-refractivity contribution is 0.215. The number of hydrogen-bond acceptors (Lipinski definition) is 2. The zero-order valence-electron chi connectivity index (χ0n) is 16.6. The molecule has 2 aromatic carbocycles. The SMILES string of the molecule is CC.CC.O=C(Nc1ccc(C2CCCCC2)cc1)Oc1ccccc1. The first-order valence-corrected chi connectivity index (χ1v) is 9.95. The van der Waals surface area contributed by atoms with Gasteiger partial charge < -0.3 is 4.74 Å². The summed E-state index contributed by atoms with van der Waals surface area (Å²) in [5.74, 6) is 1.22. The quantitative estimate of drug-likeness (QED) is 0.623. The van der Waals surface area contributed by atoms with E-state index in [0.717, 1.165) is 5.69 Å². The largest absolute Gasteiger partial charge is 0.417 e. The zero-order valence-corrected chi connectivity index (χ0v) is 16.6. The van der Waals surface area contributed by atoms with Gasteiger partial charge in [-0.2, -0.15) is 0 Å². The molecule has 1 saturated carbocycles. The van der Waals surface area contributed by atoms with Crippen LogP contribution in [0.25, 0.3) is 0 Å². The van der Waals surface area contributed by atoms with Crippen molar-refractivity contribution in [3.63, 3.8) is 0 Å². The molecule has 3 heteroatoms. The van der Waals surface area contributed by atoms with Gasteiger partial charge in [0.15, 0.2) is 0 Å². The van der Waals surface area contributed by atoms with Crippen LogP contribution in [-0.4, -0.2) is 6.09 Å².